The van der Waals surface area contributed by atoms with Gasteiger partial charge in [0, 0.05) is 29.7 Å². The van der Waals surface area contributed by atoms with Crippen molar-refractivity contribution in [3.05, 3.63) is 35.5 Å². The van der Waals surface area contributed by atoms with Crippen LogP contribution in [-0.4, -0.2) is 23.8 Å². The van der Waals surface area contributed by atoms with Gasteiger partial charge in [0.25, 0.3) is 0 Å². The minimum Gasteiger partial charge on any atom is -0.378 e. The summed E-state index contributed by atoms with van der Waals surface area (Å²) in [7, 11) is 2.13. The van der Waals surface area contributed by atoms with Crippen molar-refractivity contribution in [2.45, 2.75) is 25.9 Å². The highest BCUT2D eigenvalue weighted by atomic mass is 16.5. The molecule has 1 N–H and O–H groups in total. The molecule has 0 spiro atoms. The number of fused-ring (bicyclic) bond motifs is 1. The molecule has 2 atom stereocenters. The SMILES string of the molecule is Cc1c(C2COCC(C)N2)c2ccccc2n1C. The summed E-state index contributed by atoms with van der Waals surface area (Å²) < 4.78 is 7.96. The van der Waals surface area contributed by atoms with Gasteiger partial charge >= 0.3 is 0 Å². The topological polar surface area (TPSA) is 26.2 Å². The van der Waals surface area contributed by atoms with Crippen LogP contribution in [0.4, 0.5) is 0 Å². The molecule has 1 aromatic heterocycles. The number of ether oxygens (including phenoxy) is 1. The third-order valence-corrected chi connectivity index (χ3v) is 3.94. The molecule has 0 amide bonds. The molecule has 0 saturated carbocycles. The summed E-state index contributed by atoms with van der Waals surface area (Å²) in [6.07, 6.45) is 0. The summed E-state index contributed by atoms with van der Waals surface area (Å²) in [5, 5.41) is 4.98. The third-order valence-electron chi connectivity index (χ3n) is 3.94. The highest BCUT2D eigenvalue weighted by Crippen LogP contribution is 2.31. The molecule has 0 radical (unpaired) electrons. The van der Waals surface area contributed by atoms with Gasteiger partial charge in [-0.3, -0.25) is 0 Å². The average Bonchev–Trinajstić information content (AvgIpc) is 2.63. The van der Waals surface area contributed by atoms with E-state index < -0.39 is 0 Å². The van der Waals surface area contributed by atoms with Gasteiger partial charge in [0.15, 0.2) is 0 Å². The number of benzene rings is 1. The van der Waals surface area contributed by atoms with Crippen molar-refractivity contribution in [1.29, 1.82) is 0 Å². The van der Waals surface area contributed by atoms with E-state index in [4.69, 9.17) is 4.74 Å². The number of aromatic nitrogens is 1. The highest BCUT2D eigenvalue weighted by Gasteiger charge is 2.25. The lowest BCUT2D eigenvalue weighted by Gasteiger charge is -2.29. The molecule has 3 nitrogen and oxygen atoms in total. The third kappa shape index (κ3) is 1.74. The molecule has 1 aliphatic rings. The van der Waals surface area contributed by atoms with Crippen LogP contribution in [0.15, 0.2) is 24.3 Å². The van der Waals surface area contributed by atoms with Crippen LogP contribution in [0.25, 0.3) is 10.9 Å². The number of hydrogen-bond donors (Lipinski definition) is 1. The van der Waals surface area contributed by atoms with E-state index in [-0.39, 0.29) is 0 Å². The Balaban J connectivity index is 2.13. The van der Waals surface area contributed by atoms with E-state index >= 15 is 0 Å². The zero-order valence-corrected chi connectivity index (χ0v) is 11.2. The lowest BCUT2D eigenvalue weighted by atomic mass is 10.0. The first-order valence-corrected chi connectivity index (χ1v) is 6.56. The Hall–Kier alpha value is -1.32. The predicted octanol–water partition coefficient (Wildman–Crippen LogP) is 2.54. The molecule has 1 fully saturated rings. The number of nitrogens with one attached hydrogen (secondary N) is 1. The van der Waals surface area contributed by atoms with Gasteiger partial charge in [-0.05, 0) is 25.5 Å². The molecule has 3 heteroatoms. The summed E-state index contributed by atoms with van der Waals surface area (Å²) >= 11 is 0. The molecule has 1 saturated heterocycles. The molecule has 1 aliphatic heterocycles. The quantitative estimate of drug-likeness (QED) is 0.834. The first kappa shape index (κ1) is 11.8. The van der Waals surface area contributed by atoms with E-state index in [1.165, 1.54) is 22.2 Å². The smallest absolute Gasteiger partial charge is 0.0663 e. The Labute approximate surface area is 108 Å². The fourth-order valence-corrected chi connectivity index (χ4v) is 2.96. The summed E-state index contributed by atoms with van der Waals surface area (Å²) in [6, 6.07) is 9.32. The lowest BCUT2D eigenvalue weighted by Crippen LogP contribution is -2.41. The van der Waals surface area contributed by atoms with Gasteiger partial charge in [-0.2, -0.15) is 0 Å². The van der Waals surface area contributed by atoms with Crippen molar-refractivity contribution in [2.24, 2.45) is 7.05 Å². The molecule has 2 aromatic rings. The van der Waals surface area contributed by atoms with Gasteiger partial charge in [0.2, 0.25) is 0 Å². The minimum absolute atomic E-state index is 0.305. The predicted molar refractivity (Wildman–Crippen MR) is 73.8 cm³/mol. The fraction of sp³-hybridized carbons (Fsp3) is 0.467. The Morgan fingerprint density at radius 1 is 1.28 bits per heavy atom. The van der Waals surface area contributed by atoms with Gasteiger partial charge in [-0.25, -0.2) is 0 Å². The Kier molecular flexibility index (Phi) is 2.88. The summed E-state index contributed by atoms with van der Waals surface area (Å²) in [5.41, 5.74) is 4.01. The van der Waals surface area contributed by atoms with E-state index in [2.05, 4.69) is 55.0 Å². The van der Waals surface area contributed by atoms with Crippen molar-refractivity contribution in [1.82, 2.24) is 9.88 Å². The molecule has 2 heterocycles. The first-order valence-electron chi connectivity index (χ1n) is 6.56. The van der Waals surface area contributed by atoms with Gasteiger partial charge in [0.05, 0.1) is 19.3 Å². The van der Waals surface area contributed by atoms with E-state index in [0.717, 1.165) is 13.2 Å². The average molecular weight is 244 g/mol. The fourth-order valence-electron chi connectivity index (χ4n) is 2.96. The summed E-state index contributed by atoms with van der Waals surface area (Å²) in [6.45, 7) is 5.93. The number of aryl methyl sites for hydroxylation is 1. The molecular weight excluding hydrogens is 224 g/mol. The molecule has 1 aromatic carbocycles. The van der Waals surface area contributed by atoms with Crippen LogP contribution in [0, 0.1) is 6.92 Å². The molecule has 2 unspecified atom stereocenters. The zero-order valence-electron chi connectivity index (χ0n) is 11.2. The number of para-hydroxylation sites is 1. The standard InChI is InChI=1S/C15H20N2O/c1-10-8-18-9-13(16-10)15-11(2)17(3)14-7-5-4-6-12(14)15/h4-7,10,13,16H,8-9H2,1-3H3. The van der Waals surface area contributed by atoms with Crippen molar-refractivity contribution in [3.8, 4) is 0 Å². The number of rotatable bonds is 1. The van der Waals surface area contributed by atoms with E-state index in [1.807, 2.05) is 0 Å². The molecule has 3 rings (SSSR count). The summed E-state index contributed by atoms with van der Waals surface area (Å²) in [5.74, 6) is 0. The second-order valence-corrected chi connectivity index (χ2v) is 5.23. The van der Waals surface area contributed by atoms with Crippen molar-refractivity contribution < 1.29 is 4.74 Å². The van der Waals surface area contributed by atoms with E-state index in [9.17, 15) is 0 Å². The van der Waals surface area contributed by atoms with Crippen LogP contribution >= 0.6 is 0 Å². The Morgan fingerprint density at radius 3 is 2.83 bits per heavy atom. The lowest BCUT2D eigenvalue weighted by molar-refractivity contribution is 0.0505. The maximum Gasteiger partial charge on any atom is 0.0663 e. The Bertz CT molecular complexity index is 573. The van der Waals surface area contributed by atoms with Gasteiger partial charge < -0.3 is 14.6 Å². The number of morpholine rings is 1. The number of nitrogens with zero attached hydrogens (tertiary/aromatic N) is 1. The van der Waals surface area contributed by atoms with Crippen molar-refractivity contribution in [3.63, 3.8) is 0 Å². The maximum absolute atomic E-state index is 5.69. The second kappa shape index (κ2) is 4.41. The molecule has 96 valence electrons. The molecule has 0 aliphatic carbocycles. The molecular formula is C15H20N2O. The molecule has 18 heavy (non-hydrogen) atoms. The van der Waals surface area contributed by atoms with E-state index in [1.54, 1.807) is 0 Å². The minimum atomic E-state index is 0.305. The van der Waals surface area contributed by atoms with Gasteiger partial charge in [-0.1, -0.05) is 18.2 Å². The van der Waals surface area contributed by atoms with Crippen LogP contribution in [0.1, 0.15) is 24.2 Å². The number of hydrogen-bond acceptors (Lipinski definition) is 2. The van der Waals surface area contributed by atoms with Crippen LogP contribution < -0.4 is 5.32 Å². The Morgan fingerprint density at radius 2 is 2.06 bits per heavy atom. The van der Waals surface area contributed by atoms with Crippen LogP contribution in [0.3, 0.4) is 0 Å². The second-order valence-electron chi connectivity index (χ2n) is 5.23. The monoisotopic (exact) mass is 244 g/mol. The van der Waals surface area contributed by atoms with Crippen molar-refractivity contribution in [2.75, 3.05) is 13.2 Å². The maximum atomic E-state index is 5.69. The summed E-state index contributed by atoms with van der Waals surface area (Å²) in [4.78, 5) is 0. The zero-order chi connectivity index (χ0) is 12.7. The van der Waals surface area contributed by atoms with Crippen LogP contribution in [-0.2, 0) is 11.8 Å². The molecule has 0 bridgehead atoms. The van der Waals surface area contributed by atoms with Crippen LogP contribution in [0.2, 0.25) is 0 Å². The van der Waals surface area contributed by atoms with Gasteiger partial charge in [0.1, 0.15) is 0 Å². The van der Waals surface area contributed by atoms with E-state index in [0.29, 0.717) is 12.1 Å². The van der Waals surface area contributed by atoms with Crippen LogP contribution in [0.5, 0.6) is 0 Å². The first-order chi connectivity index (χ1) is 8.68. The highest BCUT2D eigenvalue weighted by molar-refractivity contribution is 5.86. The van der Waals surface area contributed by atoms with Gasteiger partial charge in [-0.15, -0.1) is 0 Å². The van der Waals surface area contributed by atoms with Crippen molar-refractivity contribution >= 4 is 10.9 Å². The normalized spacial score (nSPS) is 24.6. The largest absolute Gasteiger partial charge is 0.378 e.